The Labute approximate surface area is 69.3 Å². The van der Waals surface area contributed by atoms with Crippen LogP contribution < -0.4 is 4.74 Å². The highest BCUT2D eigenvalue weighted by Crippen LogP contribution is 2.11. The van der Waals surface area contributed by atoms with Gasteiger partial charge < -0.3 is 9.72 Å². The molecule has 0 aromatic carbocycles. The summed E-state index contributed by atoms with van der Waals surface area (Å²) in [5.74, 6) is 0.535. The predicted molar refractivity (Wildman–Crippen MR) is 42.9 cm³/mol. The van der Waals surface area contributed by atoms with Crippen LogP contribution in [0, 0.1) is 0 Å². The zero-order chi connectivity index (χ0) is 8.23. The minimum absolute atomic E-state index is 0.453. The molecule has 2 aromatic rings. The van der Waals surface area contributed by atoms with E-state index < -0.39 is 0 Å². The molecule has 0 aliphatic carbocycles. The lowest BCUT2D eigenvalue weighted by Gasteiger charge is -1.97. The molecule has 0 spiro atoms. The Morgan fingerprint density at radius 1 is 1.17 bits per heavy atom. The average molecular weight is 161 g/mol. The third-order valence-corrected chi connectivity index (χ3v) is 1.31. The lowest BCUT2D eigenvalue weighted by molar-refractivity contribution is 0.430. The zero-order valence-corrected chi connectivity index (χ0v) is 6.27. The van der Waals surface area contributed by atoms with E-state index in [4.69, 9.17) is 4.74 Å². The van der Waals surface area contributed by atoms with Crippen LogP contribution in [-0.2, 0) is 0 Å². The van der Waals surface area contributed by atoms with Gasteiger partial charge >= 0.3 is 0 Å². The van der Waals surface area contributed by atoms with Crippen LogP contribution in [0.1, 0.15) is 0 Å². The van der Waals surface area contributed by atoms with Crippen LogP contribution in [0.4, 0.5) is 0 Å². The molecule has 0 amide bonds. The SMILES string of the molecule is c1ccc(Oc2ncc[nH]2)nc1. The third kappa shape index (κ3) is 1.42. The van der Waals surface area contributed by atoms with Crippen LogP contribution >= 0.6 is 0 Å². The van der Waals surface area contributed by atoms with Crippen molar-refractivity contribution in [2.45, 2.75) is 0 Å². The summed E-state index contributed by atoms with van der Waals surface area (Å²) in [4.78, 5) is 10.7. The van der Waals surface area contributed by atoms with Crippen LogP contribution in [0.5, 0.6) is 11.9 Å². The molecule has 0 aliphatic heterocycles. The lowest BCUT2D eigenvalue weighted by Crippen LogP contribution is -1.87. The van der Waals surface area contributed by atoms with E-state index in [-0.39, 0.29) is 0 Å². The van der Waals surface area contributed by atoms with Crippen molar-refractivity contribution in [1.29, 1.82) is 0 Å². The quantitative estimate of drug-likeness (QED) is 0.727. The van der Waals surface area contributed by atoms with Crippen molar-refractivity contribution in [2.75, 3.05) is 0 Å². The van der Waals surface area contributed by atoms with E-state index in [1.165, 1.54) is 0 Å². The smallest absolute Gasteiger partial charge is 0.300 e. The van der Waals surface area contributed by atoms with Gasteiger partial charge in [-0.05, 0) is 6.07 Å². The van der Waals surface area contributed by atoms with Crippen LogP contribution in [0.2, 0.25) is 0 Å². The van der Waals surface area contributed by atoms with Gasteiger partial charge in [-0.2, -0.15) is 0 Å². The van der Waals surface area contributed by atoms with Crippen molar-refractivity contribution in [2.24, 2.45) is 0 Å². The van der Waals surface area contributed by atoms with E-state index in [9.17, 15) is 0 Å². The summed E-state index contributed by atoms with van der Waals surface area (Å²) < 4.78 is 5.24. The molecule has 4 heteroatoms. The zero-order valence-electron chi connectivity index (χ0n) is 6.27. The minimum atomic E-state index is 0.453. The molecule has 0 radical (unpaired) electrons. The first-order chi connectivity index (χ1) is 5.95. The molecule has 0 bridgehead atoms. The van der Waals surface area contributed by atoms with E-state index >= 15 is 0 Å². The molecule has 2 rings (SSSR count). The molecule has 0 unspecified atom stereocenters. The van der Waals surface area contributed by atoms with Crippen LogP contribution in [-0.4, -0.2) is 15.0 Å². The monoisotopic (exact) mass is 161 g/mol. The highest BCUT2D eigenvalue weighted by Gasteiger charge is 1.96. The number of pyridine rings is 1. The second kappa shape index (κ2) is 3.04. The van der Waals surface area contributed by atoms with Gasteiger partial charge in [0.2, 0.25) is 5.88 Å². The summed E-state index contributed by atoms with van der Waals surface area (Å²) in [7, 11) is 0. The molecule has 12 heavy (non-hydrogen) atoms. The molecule has 2 aromatic heterocycles. The summed E-state index contributed by atoms with van der Waals surface area (Å²) in [5, 5.41) is 0. The van der Waals surface area contributed by atoms with Crippen molar-refractivity contribution in [1.82, 2.24) is 15.0 Å². The number of hydrogen-bond acceptors (Lipinski definition) is 3. The fourth-order valence-corrected chi connectivity index (χ4v) is 0.813. The molecular weight excluding hydrogens is 154 g/mol. The van der Waals surface area contributed by atoms with E-state index in [0.717, 1.165) is 0 Å². The molecular formula is C8H7N3O. The van der Waals surface area contributed by atoms with Gasteiger partial charge in [0, 0.05) is 24.7 Å². The second-order valence-electron chi connectivity index (χ2n) is 2.16. The third-order valence-electron chi connectivity index (χ3n) is 1.31. The highest BCUT2D eigenvalue weighted by atomic mass is 16.5. The van der Waals surface area contributed by atoms with Crippen molar-refractivity contribution < 1.29 is 4.74 Å². The maximum Gasteiger partial charge on any atom is 0.300 e. The van der Waals surface area contributed by atoms with E-state index in [1.54, 1.807) is 24.7 Å². The first-order valence-electron chi connectivity index (χ1n) is 3.53. The highest BCUT2D eigenvalue weighted by molar-refractivity contribution is 5.13. The Morgan fingerprint density at radius 2 is 2.17 bits per heavy atom. The molecule has 0 fully saturated rings. The number of hydrogen-bond donors (Lipinski definition) is 1. The molecule has 0 atom stereocenters. The minimum Gasteiger partial charge on any atom is -0.407 e. The molecule has 4 nitrogen and oxygen atoms in total. The van der Waals surface area contributed by atoms with Crippen molar-refractivity contribution in [3.63, 3.8) is 0 Å². The molecule has 60 valence electrons. The van der Waals surface area contributed by atoms with Crippen LogP contribution in [0.3, 0.4) is 0 Å². The Balaban J connectivity index is 2.15. The topological polar surface area (TPSA) is 50.8 Å². The van der Waals surface area contributed by atoms with E-state index in [1.807, 2.05) is 12.1 Å². The number of nitrogens with one attached hydrogen (secondary N) is 1. The number of aromatic nitrogens is 3. The van der Waals surface area contributed by atoms with Crippen LogP contribution in [0.25, 0.3) is 0 Å². The van der Waals surface area contributed by atoms with Gasteiger partial charge in [-0.1, -0.05) is 6.07 Å². The maximum atomic E-state index is 5.24. The van der Waals surface area contributed by atoms with Crippen LogP contribution in [0.15, 0.2) is 36.8 Å². The molecule has 1 N–H and O–H groups in total. The van der Waals surface area contributed by atoms with E-state index in [2.05, 4.69) is 15.0 Å². The summed E-state index contributed by atoms with van der Waals surface area (Å²) in [6.07, 6.45) is 4.98. The fourth-order valence-electron chi connectivity index (χ4n) is 0.813. The Bertz CT molecular complexity index is 330. The normalized spacial score (nSPS) is 9.67. The summed E-state index contributed by atoms with van der Waals surface area (Å²) in [6, 6.07) is 5.90. The summed E-state index contributed by atoms with van der Waals surface area (Å²) >= 11 is 0. The van der Waals surface area contributed by atoms with Gasteiger partial charge in [-0.3, -0.25) is 0 Å². The van der Waals surface area contributed by atoms with Gasteiger partial charge in [-0.25, -0.2) is 9.97 Å². The first-order valence-corrected chi connectivity index (χ1v) is 3.53. The van der Waals surface area contributed by atoms with Crippen molar-refractivity contribution in [3.05, 3.63) is 36.8 Å². The number of H-pyrrole nitrogens is 1. The summed E-state index contributed by atoms with van der Waals surface area (Å²) in [6.45, 7) is 0. The second-order valence-corrected chi connectivity index (χ2v) is 2.16. The number of ether oxygens (including phenoxy) is 1. The van der Waals surface area contributed by atoms with Gasteiger partial charge in [0.15, 0.2) is 0 Å². The number of imidazole rings is 1. The molecule has 0 saturated carbocycles. The number of aromatic amines is 1. The predicted octanol–water partition coefficient (Wildman–Crippen LogP) is 1.60. The number of rotatable bonds is 2. The van der Waals surface area contributed by atoms with Crippen molar-refractivity contribution in [3.8, 4) is 11.9 Å². The average Bonchev–Trinajstić information content (AvgIpc) is 2.59. The fraction of sp³-hybridized carbons (Fsp3) is 0. The maximum absolute atomic E-state index is 5.24. The van der Waals surface area contributed by atoms with Gasteiger partial charge in [0.25, 0.3) is 6.01 Å². The Hall–Kier alpha value is -1.84. The molecule has 2 heterocycles. The standard InChI is InChI=1S/C8H7N3O/c1-2-4-9-7(3-1)12-8-10-5-6-11-8/h1-6H,(H,10,11). The van der Waals surface area contributed by atoms with Gasteiger partial charge in [0.1, 0.15) is 0 Å². The van der Waals surface area contributed by atoms with Crippen molar-refractivity contribution >= 4 is 0 Å². The van der Waals surface area contributed by atoms with Gasteiger partial charge in [-0.15, -0.1) is 0 Å². The first kappa shape index (κ1) is 6.84. The number of nitrogens with zero attached hydrogens (tertiary/aromatic N) is 2. The molecule has 0 aliphatic rings. The van der Waals surface area contributed by atoms with Gasteiger partial charge in [0.05, 0.1) is 0 Å². The summed E-state index contributed by atoms with van der Waals surface area (Å²) in [5.41, 5.74) is 0. The lowest BCUT2D eigenvalue weighted by atomic mass is 10.5. The van der Waals surface area contributed by atoms with E-state index in [0.29, 0.717) is 11.9 Å². The molecule has 0 saturated heterocycles. The Kier molecular flexibility index (Phi) is 1.74. The Morgan fingerprint density at radius 3 is 2.83 bits per heavy atom. The largest absolute Gasteiger partial charge is 0.407 e.